The molecule has 3 heteroatoms. The van der Waals surface area contributed by atoms with Crippen molar-refractivity contribution in [3.63, 3.8) is 0 Å². The Balaban J connectivity index is 0.00000144. The molecule has 0 aromatic carbocycles. The molecule has 0 bridgehead atoms. The fraction of sp³-hybridized carbons (Fsp3) is 0.300. The van der Waals surface area contributed by atoms with E-state index in [0.717, 1.165) is 18.5 Å². The molecule has 72 valence electrons. The number of nitrogens with zero attached hydrogens (tertiary/aromatic N) is 1. The Morgan fingerprint density at radius 1 is 1.54 bits per heavy atom. The van der Waals surface area contributed by atoms with E-state index in [1.807, 2.05) is 24.3 Å². The van der Waals surface area contributed by atoms with Crippen molar-refractivity contribution in [2.24, 2.45) is 5.73 Å². The standard InChI is InChI=1S/C10H14N2.ClH/c1-2-3-6-9(11)10-7-4-5-8-12-10;/h2,4-5,7-9H,1,3,6,11H2;1H/t9-;/m1./s1. The quantitative estimate of drug-likeness (QED) is 0.755. The van der Waals surface area contributed by atoms with Crippen LogP contribution in [0, 0.1) is 0 Å². The van der Waals surface area contributed by atoms with Gasteiger partial charge in [0.1, 0.15) is 0 Å². The van der Waals surface area contributed by atoms with E-state index in [2.05, 4.69) is 11.6 Å². The van der Waals surface area contributed by atoms with Crippen LogP contribution < -0.4 is 5.73 Å². The molecule has 0 aliphatic heterocycles. The van der Waals surface area contributed by atoms with Crippen LogP contribution in [0.4, 0.5) is 0 Å². The van der Waals surface area contributed by atoms with Crippen molar-refractivity contribution >= 4 is 12.4 Å². The number of nitrogens with two attached hydrogens (primary N) is 1. The fourth-order valence-electron chi connectivity index (χ4n) is 1.04. The molecule has 0 saturated heterocycles. The fourth-order valence-corrected chi connectivity index (χ4v) is 1.04. The average Bonchev–Trinajstić information content (AvgIpc) is 2.15. The van der Waals surface area contributed by atoms with E-state index in [0.29, 0.717) is 0 Å². The lowest BCUT2D eigenvalue weighted by molar-refractivity contribution is 0.642. The molecule has 2 nitrogen and oxygen atoms in total. The van der Waals surface area contributed by atoms with E-state index in [1.165, 1.54) is 0 Å². The first-order valence-corrected chi connectivity index (χ1v) is 4.12. The minimum absolute atomic E-state index is 0. The second kappa shape index (κ2) is 6.63. The summed E-state index contributed by atoms with van der Waals surface area (Å²) in [6, 6.07) is 5.84. The molecule has 0 fully saturated rings. The van der Waals surface area contributed by atoms with Crippen molar-refractivity contribution in [3.8, 4) is 0 Å². The maximum atomic E-state index is 5.87. The molecular formula is C10H15ClN2. The zero-order chi connectivity index (χ0) is 8.81. The van der Waals surface area contributed by atoms with Crippen LogP contribution in [0.25, 0.3) is 0 Å². The number of aromatic nitrogens is 1. The summed E-state index contributed by atoms with van der Waals surface area (Å²) in [5.74, 6) is 0. The van der Waals surface area contributed by atoms with Crippen LogP contribution in [0.5, 0.6) is 0 Å². The Morgan fingerprint density at radius 3 is 2.85 bits per heavy atom. The van der Waals surface area contributed by atoms with Crippen molar-refractivity contribution < 1.29 is 0 Å². The maximum Gasteiger partial charge on any atom is 0.0571 e. The Hall–Kier alpha value is -0.860. The van der Waals surface area contributed by atoms with Gasteiger partial charge in [0, 0.05) is 12.2 Å². The van der Waals surface area contributed by atoms with Crippen molar-refractivity contribution in [2.75, 3.05) is 0 Å². The summed E-state index contributed by atoms with van der Waals surface area (Å²) in [7, 11) is 0. The van der Waals surface area contributed by atoms with Crippen LogP contribution in [-0.2, 0) is 0 Å². The van der Waals surface area contributed by atoms with Gasteiger partial charge >= 0.3 is 0 Å². The van der Waals surface area contributed by atoms with Crippen molar-refractivity contribution in [1.82, 2.24) is 4.98 Å². The molecule has 0 unspecified atom stereocenters. The van der Waals surface area contributed by atoms with Gasteiger partial charge in [-0.15, -0.1) is 19.0 Å². The highest BCUT2D eigenvalue weighted by Gasteiger charge is 2.03. The maximum absolute atomic E-state index is 5.87. The van der Waals surface area contributed by atoms with E-state index in [1.54, 1.807) is 6.20 Å². The third-order valence-corrected chi connectivity index (χ3v) is 1.75. The molecule has 0 amide bonds. The summed E-state index contributed by atoms with van der Waals surface area (Å²) in [6.07, 6.45) is 5.50. The van der Waals surface area contributed by atoms with Crippen LogP contribution >= 0.6 is 12.4 Å². The van der Waals surface area contributed by atoms with Gasteiger partial charge in [-0.1, -0.05) is 12.1 Å². The first-order valence-electron chi connectivity index (χ1n) is 4.12. The Kier molecular flexibility index (Phi) is 6.20. The predicted octanol–water partition coefficient (Wildman–Crippen LogP) is 2.47. The van der Waals surface area contributed by atoms with Gasteiger partial charge in [0.15, 0.2) is 0 Å². The normalized spacial score (nSPS) is 11.5. The predicted molar refractivity (Wildman–Crippen MR) is 57.8 cm³/mol. The Labute approximate surface area is 85.3 Å². The smallest absolute Gasteiger partial charge is 0.0571 e. The number of pyridine rings is 1. The molecule has 13 heavy (non-hydrogen) atoms. The largest absolute Gasteiger partial charge is 0.323 e. The second-order valence-corrected chi connectivity index (χ2v) is 2.73. The molecule has 1 atom stereocenters. The second-order valence-electron chi connectivity index (χ2n) is 2.73. The van der Waals surface area contributed by atoms with E-state index < -0.39 is 0 Å². The zero-order valence-corrected chi connectivity index (χ0v) is 8.33. The van der Waals surface area contributed by atoms with E-state index in [-0.39, 0.29) is 18.4 Å². The van der Waals surface area contributed by atoms with Crippen LogP contribution in [0.2, 0.25) is 0 Å². The average molecular weight is 199 g/mol. The highest BCUT2D eigenvalue weighted by Crippen LogP contribution is 2.12. The number of allylic oxidation sites excluding steroid dienone is 1. The lowest BCUT2D eigenvalue weighted by Gasteiger charge is -2.08. The summed E-state index contributed by atoms with van der Waals surface area (Å²) in [4.78, 5) is 4.17. The lowest BCUT2D eigenvalue weighted by atomic mass is 10.1. The van der Waals surface area contributed by atoms with Gasteiger partial charge in [0.2, 0.25) is 0 Å². The van der Waals surface area contributed by atoms with Crippen molar-refractivity contribution in [2.45, 2.75) is 18.9 Å². The topological polar surface area (TPSA) is 38.9 Å². The highest BCUT2D eigenvalue weighted by atomic mass is 35.5. The minimum atomic E-state index is 0. The number of halogens is 1. The molecule has 1 rings (SSSR count). The van der Waals surface area contributed by atoms with Crippen molar-refractivity contribution in [3.05, 3.63) is 42.7 Å². The Bertz CT molecular complexity index is 236. The first kappa shape index (κ1) is 12.1. The zero-order valence-electron chi connectivity index (χ0n) is 7.52. The monoisotopic (exact) mass is 198 g/mol. The summed E-state index contributed by atoms with van der Waals surface area (Å²) >= 11 is 0. The van der Waals surface area contributed by atoms with E-state index >= 15 is 0 Å². The van der Waals surface area contributed by atoms with Crippen LogP contribution in [0.15, 0.2) is 37.1 Å². The third kappa shape index (κ3) is 4.06. The molecule has 2 N–H and O–H groups in total. The number of hydrogen-bond acceptors (Lipinski definition) is 2. The van der Waals surface area contributed by atoms with Crippen LogP contribution in [0.1, 0.15) is 24.6 Å². The molecule has 0 aliphatic rings. The summed E-state index contributed by atoms with van der Waals surface area (Å²) in [5.41, 5.74) is 6.83. The molecule has 0 saturated carbocycles. The molecule has 0 radical (unpaired) electrons. The van der Waals surface area contributed by atoms with Gasteiger partial charge in [-0.05, 0) is 25.0 Å². The minimum Gasteiger partial charge on any atom is -0.323 e. The molecule has 1 aromatic heterocycles. The molecule has 1 aromatic rings. The molecular weight excluding hydrogens is 184 g/mol. The number of rotatable bonds is 4. The summed E-state index contributed by atoms with van der Waals surface area (Å²) in [6.45, 7) is 3.65. The molecule has 0 aliphatic carbocycles. The van der Waals surface area contributed by atoms with E-state index in [9.17, 15) is 0 Å². The number of hydrogen-bond donors (Lipinski definition) is 1. The van der Waals surface area contributed by atoms with E-state index in [4.69, 9.17) is 5.73 Å². The van der Waals surface area contributed by atoms with Gasteiger partial charge in [-0.2, -0.15) is 0 Å². The lowest BCUT2D eigenvalue weighted by Crippen LogP contribution is -2.11. The summed E-state index contributed by atoms with van der Waals surface area (Å²) < 4.78 is 0. The van der Waals surface area contributed by atoms with Gasteiger partial charge in [0.25, 0.3) is 0 Å². The Morgan fingerprint density at radius 2 is 2.31 bits per heavy atom. The highest BCUT2D eigenvalue weighted by molar-refractivity contribution is 5.85. The SMILES string of the molecule is C=CCC[C@@H](N)c1ccccn1.Cl. The summed E-state index contributed by atoms with van der Waals surface area (Å²) in [5, 5.41) is 0. The van der Waals surface area contributed by atoms with Crippen LogP contribution in [0.3, 0.4) is 0 Å². The molecule has 0 spiro atoms. The third-order valence-electron chi connectivity index (χ3n) is 1.75. The molecule has 1 heterocycles. The van der Waals surface area contributed by atoms with Crippen LogP contribution in [-0.4, -0.2) is 4.98 Å². The van der Waals surface area contributed by atoms with Crippen molar-refractivity contribution in [1.29, 1.82) is 0 Å². The first-order chi connectivity index (χ1) is 5.84. The van der Waals surface area contributed by atoms with Gasteiger partial charge in [-0.3, -0.25) is 4.98 Å². The van der Waals surface area contributed by atoms with Gasteiger partial charge in [-0.25, -0.2) is 0 Å². The van der Waals surface area contributed by atoms with Gasteiger partial charge in [0.05, 0.1) is 5.69 Å². The van der Waals surface area contributed by atoms with Gasteiger partial charge < -0.3 is 5.73 Å².